The lowest BCUT2D eigenvalue weighted by molar-refractivity contribution is 0.0733. The van der Waals surface area contributed by atoms with Gasteiger partial charge < -0.3 is 24.3 Å². The van der Waals surface area contributed by atoms with E-state index in [0.29, 0.717) is 44.6 Å². The average Bonchev–Trinajstić information content (AvgIpc) is 3.01. The normalized spacial score (nSPS) is 10.6. The van der Waals surface area contributed by atoms with Gasteiger partial charge in [0.2, 0.25) is 5.75 Å². The number of esters is 1. The molecule has 2 amide bonds. The summed E-state index contributed by atoms with van der Waals surface area (Å²) in [6.45, 7) is 1.88. The van der Waals surface area contributed by atoms with Crippen LogP contribution in [0.1, 0.15) is 42.2 Å². The molecule has 10 nitrogen and oxygen atoms in total. The molecule has 11 heteroatoms. The lowest BCUT2D eigenvalue weighted by Crippen LogP contribution is -2.18. The summed E-state index contributed by atoms with van der Waals surface area (Å²) >= 11 is 6.12. The van der Waals surface area contributed by atoms with Gasteiger partial charge >= 0.3 is 5.97 Å². The molecule has 0 heterocycles. The van der Waals surface area contributed by atoms with E-state index in [9.17, 15) is 14.4 Å². The summed E-state index contributed by atoms with van der Waals surface area (Å²) in [7, 11) is 4.40. The number of halogens is 1. The summed E-state index contributed by atoms with van der Waals surface area (Å²) in [6.07, 6.45) is 1.33. The van der Waals surface area contributed by atoms with Gasteiger partial charge in [-0.1, -0.05) is 29.3 Å². The molecule has 4 aromatic rings. The molecule has 0 spiro atoms. The van der Waals surface area contributed by atoms with Gasteiger partial charge in [0.05, 0.1) is 33.1 Å². The van der Waals surface area contributed by atoms with Crippen molar-refractivity contribution in [2.24, 2.45) is 5.10 Å². The molecule has 0 atom stereocenters. The van der Waals surface area contributed by atoms with Gasteiger partial charge in [-0.05, 0) is 73.7 Å². The van der Waals surface area contributed by atoms with Crippen LogP contribution in [-0.4, -0.2) is 45.3 Å². The number of nitrogens with zero attached hydrogens (tertiary/aromatic N) is 1. The zero-order valence-electron chi connectivity index (χ0n) is 23.8. The number of aryl methyl sites for hydroxylation is 1. The maximum absolute atomic E-state index is 12.9. The van der Waals surface area contributed by atoms with Crippen LogP contribution in [0.3, 0.4) is 0 Å². The number of hydrogen-bond acceptors (Lipinski definition) is 8. The third kappa shape index (κ3) is 7.69. The zero-order valence-corrected chi connectivity index (χ0v) is 24.5. The molecule has 0 bridgehead atoms. The van der Waals surface area contributed by atoms with Gasteiger partial charge in [0, 0.05) is 27.4 Å². The number of hydrogen-bond donors (Lipinski definition) is 2. The van der Waals surface area contributed by atoms with Gasteiger partial charge in [-0.15, -0.1) is 0 Å². The van der Waals surface area contributed by atoms with Gasteiger partial charge in [-0.2, -0.15) is 5.10 Å². The van der Waals surface area contributed by atoms with E-state index in [1.165, 1.54) is 51.8 Å². The predicted molar refractivity (Wildman–Crippen MR) is 163 cm³/mol. The molecule has 0 aromatic heterocycles. The summed E-state index contributed by atoms with van der Waals surface area (Å²) in [4.78, 5) is 38.1. The SMILES string of the molecule is COc1cc(C(=O)Nc2ccc(C(=O)N/N=C/c3cc(Cl)ccc3OC(=O)c3cccc(C)c3)cc2)cc(OC)c1OC. The topological polar surface area (TPSA) is 125 Å². The van der Waals surface area contributed by atoms with Crippen LogP contribution in [0.2, 0.25) is 5.02 Å². The standard InChI is InChI=1S/C32H28ClN3O7/c1-19-6-5-7-21(14-19)32(39)43-26-13-10-24(33)15-23(26)18-34-36-31(38)20-8-11-25(12-9-20)35-30(37)22-16-27(40-2)29(42-4)28(17-22)41-3/h5-18H,1-4H3,(H,35,37)(H,36,38)/b34-18+. The van der Waals surface area contributed by atoms with Crippen molar-refractivity contribution in [1.29, 1.82) is 0 Å². The molecule has 0 saturated heterocycles. The summed E-state index contributed by atoms with van der Waals surface area (Å²) in [5.41, 5.74) is 5.17. The highest BCUT2D eigenvalue weighted by Crippen LogP contribution is 2.38. The van der Waals surface area contributed by atoms with Crippen molar-refractivity contribution in [3.63, 3.8) is 0 Å². The second-order valence-electron chi connectivity index (χ2n) is 9.09. The van der Waals surface area contributed by atoms with Crippen molar-refractivity contribution in [3.8, 4) is 23.0 Å². The number of hydrazone groups is 1. The summed E-state index contributed by atoms with van der Waals surface area (Å²) in [5, 5.41) is 7.15. The highest BCUT2D eigenvalue weighted by molar-refractivity contribution is 6.31. The number of amides is 2. The van der Waals surface area contributed by atoms with Crippen LogP contribution in [0.15, 0.2) is 84.0 Å². The summed E-state index contributed by atoms with van der Waals surface area (Å²) in [5.74, 6) is -0.180. The van der Waals surface area contributed by atoms with Crippen molar-refractivity contribution in [2.75, 3.05) is 26.6 Å². The fraction of sp³-hybridized carbons (Fsp3) is 0.125. The van der Waals surface area contributed by atoms with Crippen molar-refractivity contribution in [3.05, 3.63) is 112 Å². The second-order valence-corrected chi connectivity index (χ2v) is 9.52. The molecule has 2 N–H and O–H groups in total. The minimum atomic E-state index is -0.540. The first kappa shape index (κ1) is 30.6. The van der Waals surface area contributed by atoms with E-state index < -0.39 is 17.8 Å². The second kappa shape index (κ2) is 14.0. The third-order valence-corrected chi connectivity index (χ3v) is 6.36. The molecule has 0 aliphatic rings. The molecule has 0 aliphatic carbocycles. The Morgan fingerprint density at radius 1 is 0.744 bits per heavy atom. The Balaban J connectivity index is 1.40. The van der Waals surface area contributed by atoms with E-state index in [1.807, 2.05) is 13.0 Å². The Hall–Kier alpha value is -5.35. The van der Waals surface area contributed by atoms with Crippen LogP contribution < -0.4 is 29.7 Å². The molecule has 0 fully saturated rings. The van der Waals surface area contributed by atoms with Crippen LogP contribution in [0.25, 0.3) is 0 Å². The van der Waals surface area contributed by atoms with Crippen LogP contribution in [0.4, 0.5) is 5.69 Å². The molecule has 4 rings (SSSR count). The zero-order chi connectivity index (χ0) is 30.9. The maximum Gasteiger partial charge on any atom is 0.343 e. The smallest absolute Gasteiger partial charge is 0.343 e. The Morgan fingerprint density at radius 3 is 2.07 bits per heavy atom. The fourth-order valence-corrected chi connectivity index (χ4v) is 4.17. The first-order valence-corrected chi connectivity index (χ1v) is 13.2. The molecular weight excluding hydrogens is 574 g/mol. The monoisotopic (exact) mass is 601 g/mol. The van der Waals surface area contributed by atoms with E-state index >= 15 is 0 Å². The quantitative estimate of drug-likeness (QED) is 0.100. The van der Waals surface area contributed by atoms with Crippen molar-refractivity contribution < 1.29 is 33.3 Å². The number of anilines is 1. The molecule has 220 valence electrons. The van der Waals surface area contributed by atoms with Crippen molar-refractivity contribution >= 4 is 41.3 Å². The third-order valence-electron chi connectivity index (χ3n) is 6.13. The van der Waals surface area contributed by atoms with Crippen LogP contribution in [0, 0.1) is 6.92 Å². The lowest BCUT2D eigenvalue weighted by atomic mass is 10.1. The molecule has 0 saturated carbocycles. The predicted octanol–water partition coefficient (Wildman–Crippen LogP) is 5.91. The summed E-state index contributed by atoms with van der Waals surface area (Å²) < 4.78 is 21.4. The largest absolute Gasteiger partial charge is 0.493 e. The minimum absolute atomic E-state index is 0.223. The molecule has 0 aliphatic heterocycles. The van der Waals surface area contributed by atoms with Gasteiger partial charge in [-0.25, -0.2) is 10.2 Å². The molecular formula is C32H28ClN3O7. The number of benzene rings is 4. The molecule has 43 heavy (non-hydrogen) atoms. The highest BCUT2D eigenvalue weighted by atomic mass is 35.5. The van der Waals surface area contributed by atoms with Crippen molar-refractivity contribution in [1.82, 2.24) is 5.43 Å². The van der Waals surface area contributed by atoms with E-state index in [4.69, 9.17) is 30.5 Å². The number of rotatable bonds is 10. The first-order chi connectivity index (χ1) is 20.7. The fourth-order valence-electron chi connectivity index (χ4n) is 3.99. The summed E-state index contributed by atoms with van der Waals surface area (Å²) in [6, 6.07) is 21.0. The maximum atomic E-state index is 12.9. The lowest BCUT2D eigenvalue weighted by Gasteiger charge is -2.14. The molecule has 0 unspecified atom stereocenters. The number of carbonyl (C=O) groups excluding carboxylic acids is 3. The van der Waals surface area contributed by atoms with Gasteiger partial charge in [0.15, 0.2) is 11.5 Å². The molecule has 4 aromatic carbocycles. The number of nitrogens with one attached hydrogen (secondary N) is 2. The number of methoxy groups -OCH3 is 3. The minimum Gasteiger partial charge on any atom is -0.493 e. The first-order valence-electron chi connectivity index (χ1n) is 12.9. The Morgan fingerprint density at radius 2 is 1.44 bits per heavy atom. The average molecular weight is 602 g/mol. The van der Waals surface area contributed by atoms with E-state index in [1.54, 1.807) is 48.5 Å². The Labute approximate surface area is 253 Å². The van der Waals surface area contributed by atoms with E-state index in [0.717, 1.165) is 5.56 Å². The number of ether oxygens (including phenoxy) is 4. The van der Waals surface area contributed by atoms with Crippen LogP contribution in [0.5, 0.6) is 23.0 Å². The van der Waals surface area contributed by atoms with Gasteiger partial charge in [0.1, 0.15) is 5.75 Å². The van der Waals surface area contributed by atoms with E-state index in [2.05, 4.69) is 15.8 Å². The van der Waals surface area contributed by atoms with Crippen LogP contribution >= 0.6 is 11.6 Å². The Kier molecular flexibility index (Phi) is 9.98. The van der Waals surface area contributed by atoms with Crippen molar-refractivity contribution in [2.45, 2.75) is 6.92 Å². The molecule has 0 radical (unpaired) electrons. The van der Waals surface area contributed by atoms with Crippen LogP contribution in [-0.2, 0) is 0 Å². The Bertz CT molecular complexity index is 1660. The highest BCUT2D eigenvalue weighted by Gasteiger charge is 2.17. The number of carbonyl (C=O) groups is 3. The van der Waals surface area contributed by atoms with Gasteiger partial charge in [-0.3, -0.25) is 9.59 Å². The van der Waals surface area contributed by atoms with E-state index in [-0.39, 0.29) is 11.3 Å². The van der Waals surface area contributed by atoms with Gasteiger partial charge in [0.25, 0.3) is 11.8 Å².